The average molecular weight is 272 g/mol. The van der Waals surface area contributed by atoms with Crippen molar-refractivity contribution < 1.29 is 10.2 Å². The topological polar surface area (TPSA) is 52.5 Å². The molecule has 1 rings (SSSR count). The summed E-state index contributed by atoms with van der Waals surface area (Å²) < 4.78 is 0. The van der Waals surface area contributed by atoms with Crippen LogP contribution in [-0.2, 0) is 12.0 Å². The second-order valence-electron chi connectivity index (χ2n) is 5.51. The van der Waals surface area contributed by atoms with E-state index in [4.69, 9.17) is 21.8 Å². The van der Waals surface area contributed by atoms with Gasteiger partial charge in [0.15, 0.2) is 0 Å². The van der Waals surface area contributed by atoms with Gasteiger partial charge in [0.1, 0.15) is 0 Å². The predicted octanol–water partition coefficient (Wildman–Crippen LogP) is 2.08. The number of hydrogen-bond donors (Lipinski definition) is 3. The normalized spacial score (nSPS) is 12.2. The summed E-state index contributed by atoms with van der Waals surface area (Å²) in [6.07, 6.45) is 0. The third kappa shape index (κ3) is 4.25. The Bertz CT molecular complexity index is 384. The summed E-state index contributed by atoms with van der Waals surface area (Å²) in [5, 5.41) is 21.7. The molecule has 1 aromatic rings. The van der Waals surface area contributed by atoms with Crippen molar-refractivity contribution in [3.8, 4) is 0 Å². The van der Waals surface area contributed by atoms with E-state index in [-0.39, 0.29) is 24.7 Å². The van der Waals surface area contributed by atoms with E-state index < -0.39 is 0 Å². The van der Waals surface area contributed by atoms with Crippen LogP contribution in [0.5, 0.6) is 0 Å². The fourth-order valence-corrected chi connectivity index (χ4v) is 2.21. The molecule has 0 saturated carbocycles. The van der Waals surface area contributed by atoms with E-state index >= 15 is 0 Å². The number of benzene rings is 1. The maximum atomic E-state index is 8.96. The van der Waals surface area contributed by atoms with Gasteiger partial charge in [0.25, 0.3) is 0 Å². The molecule has 18 heavy (non-hydrogen) atoms. The van der Waals surface area contributed by atoms with Gasteiger partial charge in [-0.3, -0.25) is 0 Å². The lowest BCUT2D eigenvalue weighted by Crippen LogP contribution is -2.35. The molecule has 0 bridgehead atoms. The quantitative estimate of drug-likeness (QED) is 0.769. The van der Waals surface area contributed by atoms with Gasteiger partial charge in [0, 0.05) is 11.6 Å². The molecule has 3 nitrogen and oxygen atoms in total. The molecule has 0 aliphatic heterocycles. The Kier molecular flexibility index (Phi) is 5.60. The Hall–Kier alpha value is -0.610. The van der Waals surface area contributed by atoms with E-state index in [0.717, 1.165) is 16.1 Å². The molecule has 0 fully saturated rings. The molecular formula is C14H22ClNO2. The Morgan fingerprint density at radius 1 is 1.22 bits per heavy atom. The van der Waals surface area contributed by atoms with Crippen LogP contribution in [0.2, 0.25) is 5.02 Å². The molecular weight excluding hydrogens is 250 g/mol. The first-order valence-corrected chi connectivity index (χ1v) is 6.50. The predicted molar refractivity (Wildman–Crippen MR) is 75.0 cm³/mol. The SMILES string of the molecule is CC(C)(C)c1ccc(CNC(CO)CO)cc1Cl. The molecule has 3 N–H and O–H groups in total. The fourth-order valence-electron chi connectivity index (χ4n) is 1.73. The number of halogens is 1. The molecule has 0 aliphatic carbocycles. The van der Waals surface area contributed by atoms with E-state index in [2.05, 4.69) is 26.1 Å². The molecule has 0 heterocycles. The zero-order chi connectivity index (χ0) is 13.8. The summed E-state index contributed by atoms with van der Waals surface area (Å²) in [4.78, 5) is 0. The number of hydrogen-bond acceptors (Lipinski definition) is 3. The Morgan fingerprint density at radius 2 is 1.83 bits per heavy atom. The van der Waals surface area contributed by atoms with Crippen molar-refractivity contribution in [2.75, 3.05) is 13.2 Å². The summed E-state index contributed by atoms with van der Waals surface area (Å²) in [5.41, 5.74) is 2.19. The number of nitrogens with one attached hydrogen (secondary N) is 1. The van der Waals surface area contributed by atoms with Gasteiger partial charge in [-0.2, -0.15) is 0 Å². The summed E-state index contributed by atoms with van der Waals surface area (Å²) in [6.45, 7) is 6.80. The third-order valence-corrected chi connectivity index (χ3v) is 3.19. The van der Waals surface area contributed by atoms with E-state index in [1.165, 1.54) is 0 Å². The molecule has 0 radical (unpaired) electrons. The van der Waals surface area contributed by atoms with E-state index in [0.29, 0.717) is 6.54 Å². The zero-order valence-corrected chi connectivity index (χ0v) is 12.0. The van der Waals surface area contributed by atoms with Crippen LogP contribution in [0.3, 0.4) is 0 Å². The second kappa shape index (κ2) is 6.53. The lowest BCUT2D eigenvalue weighted by atomic mass is 9.86. The molecule has 0 amide bonds. The van der Waals surface area contributed by atoms with Gasteiger partial charge in [0.05, 0.1) is 19.3 Å². The Balaban J connectivity index is 2.73. The van der Waals surface area contributed by atoms with Gasteiger partial charge < -0.3 is 15.5 Å². The number of aliphatic hydroxyl groups excluding tert-OH is 2. The van der Waals surface area contributed by atoms with Crippen molar-refractivity contribution in [3.05, 3.63) is 34.3 Å². The van der Waals surface area contributed by atoms with Crippen molar-refractivity contribution in [2.45, 2.75) is 38.8 Å². The molecule has 0 aromatic heterocycles. The summed E-state index contributed by atoms with van der Waals surface area (Å²) >= 11 is 6.27. The molecule has 0 spiro atoms. The van der Waals surface area contributed by atoms with E-state index in [1.54, 1.807) is 0 Å². The van der Waals surface area contributed by atoms with Crippen molar-refractivity contribution in [1.29, 1.82) is 0 Å². The van der Waals surface area contributed by atoms with Gasteiger partial charge in [-0.05, 0) is 22.6 Å². The summed E-state index contributed by atoms with van der Waals surface area (Å²) in [5.74, 6) is 0. The maximum absolute atomic E-state index is 8.96. The lowest BCUT2D eigenvalue weighted by Gasteiger charge is -2.21. The maximum Gasteiger partial charge on any atom is 0.0607 e. The van der Waals surface area contributed by atoms with Gasteiger partial charge in [-0.1, -0.05) is 44.5 Å². The minimum absolute atomic E-state index is 0.0295. The van der Waals surface area contributed by atoms with Crippen LogP contribution in [0.4, 0.5) is 0 Å². The smallest absolute Gasteiger partial charge is 0.0607 e. The largest absolute Gasteiger partial charge is 0.395 e. The van der Waals surface area contributed by atoms with Crippen molar-refractivity contribution in [2.24, 2.45) is 0 Å². The van der Waals surface area contributed by atoms with Crippen molar-refractivity contribution in [3.63, 3.8) is 0 Å². The van der Waals surface area contributed by atoms with Gasteiger partial charge in [-0.15, -0.1) is 0 Å². The van der Waals surface area contributed by atoms with E-state index in [1.807, 2.05) is 18.2 Å². The van der Waals surface area contributed by atoms with Crippen LogP contribution in [-0.4, -0.2) is 29.5 Å². The highest BCUT2D eigenvalue weighted by Gasteiger charge is 2.17. The monoisotopic (exact) mass is 271 g/mol. The number of aliphatic hydroxyl groups is 2. The van der Waals surface area contributed by atoms with Gasteiger partial charge in [-0.25, -0.2) is 0 Å². The van der Waals surface area contributed by atoms with Gasteiger partial charge in [0.2, 0.25) is 0 Å². The third-order valence-electron chi connectivity index (χ3n) is 2.88. The summed E-state index contributed by atoms with van der Waals surface area (Å²) in [6, 6.07) is 5.70. The highest BCUT2D eigenvalue weighted by Crippen LogP contribution is 2.29. The molecule has 1 aromatic carbocycles. The van der Waals surface area contributed by atoms with E-state index in [9.17, 15) is 0 Å². The van der Waals surface area contributed by atoms with Crippen LogP contribution in [0, 0.1) is 0 Å². The standard InChI is InChI=1S/C14H22ClNO2/c1-14(2,3)12-5-4-10(6-13(12)15)7-16-11(8-17)9-18/h4-6,11,16-18H,7-9H2,1-3H3. The van der Waals surface area contributed by atoms with Gasteiger partial charge >= 0.3 is 0 Å². The molecule has 102 valence electrons. The first-order chi connectivity index (χ1) is 8.38. The lowest BCUT2D eigenvalue weighted by molar-refractivity contribution is 0.170. The molecule has 0 aliphatic rings. The second-order valence-corrected chi connectivity index (χ2v) is 5.91. The highest BCUT2D eigenvalue weighted by atomic mass is 35.5. The van der Waals surface area contributed by atoms with Crippen molar-refractivity contribution in [1.82, 2.24) is 5.32 Å². The first kappa shape index (κ1) is 15.4. The van der Waals surface area contributed by atoms with Crippen LogP contribution in [0.25, 0.3) is 0 Å². The number of rotatable bonds is 5. The summed E-state index contributed by atoms with van der Waals surface area (Å²) in [7, 11) is 0. The Labute approximate surface area is 114 Å². The van der Waals surface area contributed by atoms with Crippen LogP contribution < -0.4 is 5.32 Å². The fraction of sp³-hybridized carbons (Fsp3) is 0.571. The van der Waals surface area contributed by atoms with Crippen LogP contribution >= 0.6 is 11.6 Å². The molecule has 0 unspecified atom stereocenters. The zero-order valence-electron chi connectivity index (χ0n) is 11.2. The highest BCUT2D eigenvalue weighted by molar-refractivity contribution is 6.31. The Morgan fingerprint density at radius 3 is 2.28 bits per heavy atom. The molecule has 0 atom stereocenters. The molecule has 0 saturated heterocycles. The minimum Gasteiger partial charge on any atom is -0.395 e. The van der Waals surface area contributed by atoms with Crippen molar-refractivity contribution >= 4 is 11.6 Å². The minimum atomic E-state index is -0.286. The molecule has 4 heteroatoms. The average Bonchev–Trinajstić information content (AvgIpc) is 2.28. The van der Waals surface area contributed by atoms with Crippen LogP contribution in [0.15, 0.2) is 18.2 Å². The van der Waals surface area contributed by atoms with Crippen LogP contribution in [0.1, 0.15) is 31.9 Å². The first-order valence-electron chi connectivity index (χ1n) is 6.12.